The topological polar surface area (TPSA) is 34.1 Å². The molecule has 0 radical (unpaired) electrons. The quantitative estimate of drug-likeness (QED) is 0.766. The number of rotatable bonds is 4. The molecule has 0 amide bonds. The van der Waals surface area contributed by atoms with Gasteiger partial charge in [-0.05, 0) is 32.3 Å². The van der Waals surface area contributed by atoms with E-state index in [-0.39, 0.29) is 0 Å². The highest BCUT2D eigenvalue weighted by atomic mass is 35.7. The summed E-state index contributed by atoms with van der Waals surface area (Å²) in [6.07, 6.45) is 1.31. The van der Waals surface area contributed by atoms with Gasteiger partial charge in [0, 0.05) is 10.7 Å². The van der Waals surface area contributed by atoms with Crippen molar-refractivity contribution >= 4 is 19.7 Å². The van der Waals surface area contributed by atoms with Crippen LogP contribution < -0.4 is 0 Å². The van der Waals surface area contributed by atoms with Crippen molar-refractivity contribution in [3.8, 4) is 0 Å². The normalized spacial score (nSPS) is 13.8. The molecule has 15 heavy (non-hydrogen) atoms. The summed E-state index contributed by atoms with van der Waals surface area (Å²) in [5.74, 6) is 0. The van der Waals surface area contributed by atoms with Crippen LogP contribution in [-0.2, 0) is 15.5 Å². The fourth-order valence-electron chi connectivity index (χ4n) is 1.27. The van der Waals surface area contributed by atoms with Gasteiger partial charge in [0.2, 0.25) is 9.05 Å². The van der Waals surface area contributed by atoms with Crippen LogP contribution in [0.4, 0.5) is 0 Å². The summed E-state index contributed by atoms with van der Waals surface area (Å²) in [6, 6.07) is 8.08. The number of benzene rings is 1. The van der Waals surface area contributed by atoms with Crippen LogP contribution in [0.3, 0.4) is 0 Å². The lowest BCUT2D eigenvalue weighted by Crippen LogP contribution is -2.12. The second-order valence-electron chi connectivity index (χ2n) is 3.81. The summed E-state index contributed by atoms with van der Waals surface area (Å²) in [5, 5.41) is -0.486. The van der Waals surface area contributed by atoms with Crippen molar-refractivity contribution in [2.75, 3.05) is 0 Å². The Morgan fingerprint density at radius 3 is 2.27 bits per heavy atom. The Kier molecular flexibility index (Phi) is 4.17. The largest absolute Gasteiger partial charge is 0.235 e. The van der Waals surface area contributed by atoms with Crippen molar-refractivity contribution in [3.63, 3.8) is 0 Å². The Morgan fingerprint density at radius 1 is 1.27 bits per heavy atom. The third-order valence-electron chi connectivity index (χ3n) is 2.44. The first-order valence-electron chi connectivity index (χ1n) is 4.88. The fourth-order valence-corrected chi connectivity index (χ4v) is 1.93. The molecule has 1 atom stereocenters. The molecule has 0 aliphatic rings. The summed E-state index contributed by atoms with van der Waals surface area (Å²) < 4.78 is 21.9. The van der Waals surface area contributed by atoms with Gasteiger partial charge in [-0.1, -0.05) is 29.8 Å². The molecule has 0 N–H and O–H groups in total. The number of halogens is 1. The number of hydrogen-bond donors (Lipinski definition) is 0. The minimum absolute atomic E-state index is 0.486. The Balaban J connectivity index is 2.55. The second-order valence-corrected chi connectivity index (χ2v) is 6.86. The van der Waals surface area contributed by atoms with Crippen LogP contribution in [0.5, 0.6) is 0 Å². The summed E-state index contributed by atoms with van der Waals surface area (Å²) in [4.78, 5) is 0. The third-order valence-corrected chi connectivity index (χ3v) is 4.55. The molecule has 0 heterocycles. The standard InChI is InChI=1S/C11H15ClO2S/c1-9-3-6-11(7-4-9)8-5-10(2)15(12,13)14/h3-4,6-7,10H,5,8H2,1-2H3. The van der Waals surface area contributed by atoms with Crippen molar-refractivity contribution in [2.45, 2.75) is 31.9 Å². The van der Waals surface area contributed by atoms with E-state index in [1.54, 1.807) is 6.92 Å². The van der Waals surface area contributed by atoms with E-state index in [4.69, 9.17) is 10.7 Å². The van der Waals surface area contributed by atoms with Crippen LogP contribution in [0.2, 0.25) is 0 Å². The molecule has 4 heteroatoms. The Labute approximate surface area is 95.7 Å². The maximum absolute atomic E-state index is 11.0. The first-order chi connectivity index (χ1) is 6.89. The SMILES string of the molecule is Cc1ccc(CCC(C)S(=O)(=O)Cl)cc1. The number of aryl methyl sites for hydroxylation is 2. The molecule has 0 spiro atoms. The van der Waals surface area contributed by atoms with E-state index in [0.717, 1.165) is 12.0 Å². The molecule has 0 aliphatic carbocycles. The lowest BCUT2D eigenvalue weighted by Gasteiger charge is -2.07. The Morgan fingerprint density at radius 2 is 1.80 bits per heavy atom. The summed E-state index contributed by atoms with van der Waals surface area (Å²) in [6.45, 7) is 3.66. The molecule has 0 aromatic heterocycles. The molecular weight excluding hydrogens is 232 g/mol. The van der Waals surface area contributed by atoms with Crippen molar-refractivity contribution in [3.05, 3.63) is 35.4 Å². The van der Waals surface area contributed by atoms with Gasteiger partial charge in [0.25, 0.3) is 0 Å². The minimum atomic E-state index is -3.41. The van der Waals surface area contributed by atoms with Crippen LogP contribution in [-0.4, -0.2) is 13.7 Å². The fraction of sp³-hybridized carbons (Fsp3) is 0.455. The summed E-state index contributed by atoms with van der Waals surface area (Å²) in [7, 11) is 1.84. The minimum Gasteiger partial charge on any atom is -0.212 e. The average molecular weight is 247 g/mol. The Hall–Kier alpha value is -0.540. The molecule has 0 bridgehead atoms. The molecular formula is C11H15ClO2S. The highest BCUT2D eigenvalue weighted by Crippen LogP contribution is 2.14. The van der Waals surface area contributed by atoms with Crippen molar-refractivity contribution < 1.29 is 8.42 Å². The molecule has 1 aromatic rings. The summed E-state index contributed by atoms with van der Waals surface area (Å²) in [5.41, 5.74) is 2.35. The monoisotopic (exact) mass is 246 g/mol. The van der Waals surface area contributed by atoms with Crippen LogP contribution in [0.15, 0.2) is 24.3 Å². The van der Waals surface area contributed by atoms with Crippen molar-refractivity contribution in [1.82, 2.24) is 0 Å². The highest BCUT2D eigenvalue weighted by molar-refractivity contribution is 8.14. The van der Waals surface area contributed by atoms with Crippen LogP contribution >= 0.6 is 10.7 Å². The lowest BCUT2D eigenvalue weighted by atomic mass is 10.1. The van der Waals surface area contributed by atoms with E-state index in [1.165, 1.54) is 5.56 Å². The first-order valence-corrected chi connectivity index (χ1v) is 7.26. The smallest absolute Gasteiger partial charge is 0.212 e. The molecule has 1 unspecified atom stereocenters. The van der Waals surface area contributed by atoms with Crippen LogP contribution in [0.1, 0.15) is 24.5 Å². The van der Waals surface area contributed by atoms with Gasteiger partial charge in [-0.25, -0.2) is 8.42 Å². The predicted molar refractivity (Wildman–Crippen MR) is 63.7 cm³/mol. The van der Waals surface area contributed by atoms with Gasteiger partial charge in [0.05, 0.1) is 5.25 Å². The third kappa shape index (κ3) is 4.22. The van der Waals surface area contributed by atoms with Gasteiger partial charge in [0.1, 0.15) is 0 Å². The van der Waals surface area contributed by atoms with Gasteiger partial charge < -0.3 is 0 Å². The van der Waals surface area contributed by atoms with Crippen molar-refractivity contribution in [1.29, 1.82) is 0 Å². The van der Waals surface area contributed by atoms with Crippen LogP contribution in [0.25, 0.3) is 0 Å². The zero-order valence-electron chi connectivity index (χ0n) is 8.90. The van der Waals surface area contributed by atoms with Gasteiger partial charge in [0.15, 0.2) is 0 Å². The summed E-state index contributed by atoms with van der Waals surface area (Å²) >= 11 is 0. The van der Waals surface area contributed by atoms with Gasteiger partial charge in [-0.2, -0.15) is 0 Å². The van der Waals surface area contributed by atoms with E-state index in [0.29, 0.717) is 6.42 Å². The second kappa shape index (κ2) is 4.99. The highest BCUT2D eigenvalue weighted by Gasteiger charge is 2.16. The Bertz CT molecular complexity index is 409. The molecule has 1 rings (SSSR count). The van der Waals surface area contributed by atoms with E-state index < -0.39 is 14.3 Å². The number of hydrogen-bond acceptors (Lipinski definition) is 2. The molecule has 1 aromatic carbocycles. The van der Waals surface area contributed by atoms with Crippen LogP contribution in [0, 0.1) is 6.92 Å². The first kappa shape index (κ1) is 12.5. The average Bonchev–Trinajstić information content (AvgIpc) is 2.15. The zero-order chi connectivity index (χ0) is 11.5. The maximum Gasteiger partial charge on any atom is 0.235 e. The van der Waals surface area contributed by atoms with Crippen molar-refractivity contribution in [2.24, 2.45) is 0 Å². The van der Waals surface area contributed by atoms with Gasteiger partial charge >= 0.3 is 0 Å². The zero-order valence-corrected chi connectivity index (χ0v) is 10.5. The van der Waals surface area contributed by atoms with Gasteiger partial charge in [-0.15, -0.1) is 0 Å². The van der Waals surface area contributed by atoms with E-state index >= 15 is 0 Å². The maximum atomic E-state index is 11.0. The van der Waals surface area contributed by atoms with E-state index in [1.807, 2.05) is 31.2 Å². The molecule has 0 fully saturated rings. The van der Waals surface area contributed by atoms with Gasteiger partial charge in [-0.3, -0.25) is 0 Å². The molecule has 2 nitrogen and oxygen atoms in total. The molecule has 84 valence electrons. The molecule has 0 saturated carbocycles. The van der Waals surface area contributed by atoms with E-state index in [2.05, 4.69) is 0 Å². The van der Waals surface area contributed by atoms with E-state index in [9.17, 15) is 8.42 Å². The molecule has 0 saturated heterocycles. The lowest BCUT2D eigenvalue weighted by molar-refractivity contribution is 0.592. The molecule has 0 aliphatic heterocycles. The predicted octanol–water partition coefficient (Wildman–Crippen LogP) is 2.88.